The number of primary amides is 1. The van der Waals surface area contributed by atoms with Crippen LogP contribution in [0.15, 0.2) is 40.8 Å². The number of thiophene rings is 1. The fraction of sp³-hybridized carbons (Fsp3) is 0.308. The van der Waals surface area contributed by atoms with Crippen LogP contribution in [0.2, 0.25) is 0 Å². The second-order valence-electron chi connectivity index (χ2n) is 8.77. The summed E-state index contributed by atoms with van der Waals surface area (Å²) >= 11 is 1.37. The highest BCUT2D eigenvalue weighted by atomic mass is 32.1. The molecule has 1 aromatic carbocycles. The summed E-state index contributed by atoms with van der Waals surface area (Å²) in [5, 5.41) is 17.9. The number of hydrogen-bond acceptors (Lipinski definition) is 7. The molecule has 0 aliphatic carbocycles. The van der Waals surface area contributed by atoms with Crippen molar-refractivity contribution in [2.45, 2.75) is 46.6 Å². The Bertz CT molecular complexity index is 1350. The van der Waals surface area contributed by atoms with Crippen LogP contribution < -0.4 is 5.73 Å². The van der Waals surface area contributed by atoms with Gasteiger partial charge in [0.2, 0.25) is 11.8 Å². The largest absolute Gasteiger partial charge is 0.421 e. The van der Waals surface area contributed by atoms with E-state index in [0.717, 1.165) is 15.3 Å². The van der Waals surface area contributed by atoms with Crippen molar-refractivity contribution < 1.29 is 18.7 Å². The fourth-order valence-corrected chi connectivity index (χ4v) is 4.98. The van der Waals surface area contributed by atoms with Gasteiger partial charge in [0.1, 0.15) is 5.82 Å². The molecule has 0 spiro atoms. The van der Waals surface area contributed by atoms with Gasteiger partial charge in [0, 0.05) is 22.2 Å². The van der Waals surface area contributed by atoms with Crippen LogP contribution in [-0.2, 0) is 25.9 Å². The number of carbonyl (C=O) groups is 1. The Kier molecular flexibility index (Phi) is 7.37. The van der Waals surface area contributed by atoms with Crippen molar-refractivity contribution in [3.63, 3.8) is 0 Å². The molecular weight excluding hydrogens is 467 g/mol. The lowest BCUT2D eigenvalue weighted by Gasteiger charge is -2.19. The van der Waals surface area contributed by atoms with E-state index in [0.29, 0.717) is 53.2 Å². The lowest BCUT2D eigenvalue weighted by Crippen LogP contribution is -2.20. The molecule has 0 bridgehead atoms. The predicted octanol–water partition coefficient (Wildman–Crippen LogP) is 4.88. The van der Waals surface area contributed by atoms with Crippen LogP contribution in [-0.4, -0.2) is 26.2 Å². The molecule has 3 aromatic heterocycles. The van der Waals surface area contributed by atoms with Crippen LogP contribution in [0.3, 0.4) is 0 Å². The van der Waals surface area contributed by atoms with Crippen molar-refractivity contribution in [3.8, 4) is 21.9 Å². The quantitative estimate of drug-likeness (QED) is 0.343. The van der Waals surface area contributed by atoms with Gasteiger partial charge in [-0.05, 0) is 55.0 Å². The van der Waals surface area contributed by atoms with E-state index in [1.54, 1.807) is 19.1 Å². The number of nitrogens with zero attached hydrogens (tertiary/aromatic N) is 3. The third-order valence-corrected chi connectivity index (χ3v) is 6.65. The highest BCUT2D eigenvalue weighted by Gasteiger charge is 2.28. The molecule has 0 saturated heterocycles. The number of aryl methyl sites for hydroxylation is 3. The van der Waals surface area contributed by atoms with Gasteiger partial charge in [0.15, 0.2) is 0 Å². The van der Waals surface area contributed by atoms with Gasteiger partial charge in [-0.15, -0.1) is 21.5 Å². The Morgan fingerprint density at radius 1 is 1.09 bits per heavy atom. The first kappa shape index (κ1) is 24.7. The molecule has 9 heteroatoms. The van der Waals surface area contributed by atoms with Gasteiger partial charge in [-0.1, -0.05) is 26.0 Å². The molecule has 35 heavy (non-hydrogen) atoms. The molecule has 1 amide bonds. The number of amides is 1. The van der Waals surface area contributed by atoms with Crippen molar-refractivity contribution in [2.24, 2.45) is 11.7 Å². The Balaban J connectivity index is 1.98. The third kappa shape index (κ3) is 5.47. The minimum Gasteiger partial charge on any atom is -0.421 e. The molecule has 4 aromatic rings. The fourth-order valence-electron chi connectivity index (χ4n) is 4.05. The maximum atomic E-state index is 13.4. The summed E-state index contributed by atoms with van der Waals surface area (Å²) in [5.74, 6) is -0.0318. The predicted molar refractivity (Wildman–Crippen MR) is 132 cm³/mol. The number of carbonyl (C=O) groups excluding carboxylic acids is 1. The molecule has 0 unspecified atom stereocenters. The molecule has 0 fully saturated rings. The van der Waals surface area contributed by atoms with Crippen molar-refractivity contribution in [1.82, 2.24) is 15.2 Å². The van der Waals surface area contributed by atoms with Gasteiger partial charge >= 0.3 is 0 Å². The number of aliphatic hydroxyl groups excluding tert-OH is 1. The van der Waals surface area contributed by atoms with Gasteiger partial charge in [0.25, 0.3) is 5.91 Å². The number of halogens is 1. The molecule has 3 N–H and O–H groups in total. The number of rotatable bonds is 9. The van der Waals surface area contributed by atoms with Gasteiger partial charge in [-0.3, -0.25) is 9.78 Å². The standard InChI is InChI=1S/C26H27FN4O3S/c1-14(2)12-20-22(25(28)33)24(21-11-9-18(13-32)35-21)23(26-31-30-15(3)34-26)19(29-20)10-6-16-4-7-17(27)8-5-16/h4-5,7-9,11,14,32H,6,10,12-13H2,1-3H3,(H2,28,33). The topological polar surface area (TPSA) is 115 Å². The first-order valence-electron chi connectivity index (χ1n) is 11.4. The maximum Gasteiger partial charge on any atom is 0.251 e. The number of benzene rings is 1. The zero-order chi connectivity index (χ0) is 25.1. The number of nitrogens with two attached hydrogens (primary N) is 1. The number of aliphatic hydroxyl groups is 1. The number of pyridine rings is 1. The Hall–Kier alpha value is -3.43. The number of aromatic nitrogens is 3. The molecule has 3 heterocycles. The summed E-state index contributed by atoms with van der Waals surface area (Å²) in [6.07, 6.45) is 1.64. The lowest BCUT2D eigenvalue weighted by molar-refractivity contribution is 0.0999. The SMILES string of the molecule is Cc1nnc(-c2c(CCc3ccc(F)cc3)nc(CC(C)C)c(C(N)=O)c2-c2ccc(CO)s2)o1. The van der Waals surface area contributed by atoms with E-state index >= 15 is 0 Å². The average molecular weight is 495 g/mol. The molecule has 4 rings (SSSR count). The molecule has 0 aliphatic heterocycles. The monoisotopic (exact) mass is 494 g/mol. The van der Waals surface area contributed by atoms with E-state index in [2.05, 4.69) is 24.0 Å². The van der Waals surface area contributed by atoms with Gasteiger partial charge in [-0.25, -0.2) is 4.39 Å². The normalized spacial score (nSPS) is 11.4. The third-order valence-electron chi connectivity index (χ3n) is 5.56. The zero-order valence-corrected chi connectivity index (χ0v) is 20.7. The van der Waals surface area contributed by atoms with Crippen LogP contribution in [0, 0.1) is 18.7 Å². The van der Waals surface area contributed by atoms with E-state index in [1.807, 2.05) is 12.1 Å². The summed E-state index contributed by atoms with van der Waals surface area (Å²) in [4.78, 5) is 19.2. The average Bonchev–Trinajstić information content (AvgIpc) is 3.46. The van der Waals surface area contributed by atoms with Crippen LogP contribution in [0.5, 0.6) is 0 Å². The van der Waals surface area contributed by atoms with Crippen molar-refractivity contribution in [2.75, 3.05) is 0 Å². The van der Waals surface area contributed by atoms with Crippen molar-refractivity contribution in [3.05, 3.63) is 75.5 Å². The molecular formula is C26H27FN4O3S. The van der Waals surface area contributed by atoms with E-state index < -0.39 is 5.91 Å². The minimum absolute atomic E-state index is 0.118. The molecule has 0 saturated carbocycles. The Morgan fingerprint density at radius 2 is 1.83 bits per heavy atom. The lowest BCUT2D eigenvalue weighted by atomic mass is 9.91. The summed E-state index contributed by atoms with van der Waals surface area (Å²) in [7, 11) is 0. The van der Waals surface area contributed by atoms with Gasteiger partial charge < -0.3 is 15.3 Å². The molecule has 0 radical (unpaired) electrons. The Labute approximate surface area is 206 Å². The van der Waals surface area contributed by atoms with Crippen LogP contribution in [0.4, 0.5) is 4.39 Å². The molecule has 182 valence electrons. The van der Waals surface area contributed by atoms with E-state index in [9.17, 15) is 14.3 Å². The summed E-state index contributed by atoms with van der Waals surface area (Å²) in [6, 6.07) is 10.0. The first-order valence-corrected chi connectivity index (χ1v) is 12.2. The first-order chi connectivity index (χ1) is 16.8. The molecule has 0 atom stereocenters. The second kappa shape index (κ2) is 10.5. The molecule has 0 aliphatic rings. The number of hydrogen-bond donors (Lipinski definition) is 2. The second-order valence-corrected chi connectivity index (χ2v) is 9.94. The minimum atomic E-state index is -0.593. The van der Waals surface area contributed by atoms with Gasteiger partial charge in [0.05, 0.1) is 29.1 Å². The highest BCUT2D eigenvalue weighted by Crippen LogP contribution is 2.41. The maximum absolute atomic E-state index is 13.4. The van der Waals surface area contributed by atoms with E-state index in [1.165, 1.54) is 23.5 Å². The van der Waals surface area contributed by atoms with Crippen LogP contribution >= 0.6 is 11.3 Å². The molecule has 7 nitrogen and oxygen atoms in total. The van der Waals surface area contributed by atoms with E-state index in [4.69, 9.17) is 15.1 Å². The highest BCUT2D eigenvalue weighted by molar-refractivity contribution is 7.15. The van der Waals surface area contributed by atoms with Gasteiger partial charge in [-0.2, -0.15) is 0 Å². The smallest absolute Gasteiger partial charge is 0.251 e. The van der Waals surface area contributed by atoms with Crippen molar-refractivity contribution in [1.29, 1.82) is 0 Å². The summed E-state index contributed by atoms with van der Waals surface area (Å²) in [6.45, 7) is 5.68. The van der Waals surface area contributed by atoms with E-state index in [-0.39, 0.29) is 24.2 Å². The Morgan fingerprint density at radius 3 is 2.40 bits per heavy atom. The summed E-state index contributed by atoms with van der Waals surface area (Å²) < 4.78 is 19.2. The van der Waals surface area contributed by atoms with Crippen LogP contribution in [0.25, 0.3) is 21.9 Å². The summed E-state index contributed by atoms with van der Waals surface area (Å²) in [5.41, 5.74) is 9.63. The zero-order valence-electron chi connectivity index (χ0n) is 19.8. The van der Waals surface area contributed by atoms with Crippen molar-refractivity contribution >= 4 is 17.2 Å². The van der Waals surface area contributed by atoms with Crippen LogP contribution in [0.1, 0.15) is 51.9 Å².